The molecule has 5 heteroatoms. The van der Waals surface area contributed by atoms with Gasteiger partial charge in [0.1, 0.15) is 0 Å². The molecule has 1 N–H and O–H groups in total. The fourth-order valence-electron chi connectivity index (χ4n) is 2.51. The van der Waals surface area contributed by atoms with Crippen LogP contribution in [0.4, 0.5) is 0 Å². The van der Waals surface area contributed by atoms with Gasteiger partial charge in [-0.2, -0.15) is 0 Å². The Morgan fingerprint density at radius 1 is 1.25 bits per heavy atom. The molecule has 2 aliphatic rings. The zero-order valence-corrected chi connectivity index (χ0v) is 10.8. The van der Waals surface area contributed by atoms with E-state index in [1.54, 1.807) is 0 Å². The molecule has 0 radical (unpaired) electrons. The van der Waals surface area contributed by atoms with Crippen LogP contribution >= 0.6 is 0 Å². The van der Waals surface area contributed by atoms with Crippen molar-refractivity contribution in [3.63, 3.8) is 0 Å². The minimum atomic E-state index is -0.854. The van der Waals surface area contributed by atoms with E-state index in [-0.39, 0.29) is 16.6 Å². The van der Waals surface area contributed by atoms with Gasteiger partial charge in [0.15, 0.2) is 0 Å². The molecule has 0 aliphatic carbocycles. The Morgan fingerprint density at radius 2 is 2.06 bits per heavy atom. The first-order chi connectivity index (χ1) is 7.74. The monoisotopic (exact) mass is 247 g/mol. The molecule has 94 valence electrons. The maximum Gasteiger partial charge on any atom is 0.0739 e. The van der Waals surface area contributed by atoms with Gasteiger partial charge >= 0.3 is 0 Å². The lowest BCUT2D eigenvalue weighted by molar-refractivity contribution is 0.0831. The Balaban J connectivity index is 2.01. The third-order valence-electron chi connectivity index (χ3n) is 3.58. The summed E-state index contributed by atoms with van der Waals surface area (Å²) in [6, 6.07) is 0.322. The minimum absolute atomic E-state index is 0.118. The van der Waals surface area contributed by atoms with Crippen LogP contribution in [0, 0.1) is 0 Å². The highest BCUT2D eigenvalue weighted by atomic mass is 32.2. The fraction of sp³-hybridized carbons (Fsp3) is 1.00. The lowest BCUT2D eigenvalue weighted by Gasteiger charge is -2.32. The fourth-order valence-corrected chi connectivity index (χ4v) is 4.57. The standard InChI is InChI=1S/C11H21NO3S/c1-8-10(4-6-15-8)16(13)11-7-14-5-3-9(11)12-2/h8-12H,3-7H2,1-2H3. The van der Waals surface area contributed by atoms with Crippen LogP contribution in [0.15, 0.2) is 0 Å². The Labute approximate surface area is 99.5 Å². The van der Waals surface area contributed by atoms with Gasteiger partial charge in [-0.05, 0) is 26.8 Å². The van der Waals surface area contributed by atoms with Crippen LogP contribution in [0.5, 0.6) is 0 Å². The molecule has 0 aromatic heterocycles. The zero-order valence-electron chi connectivity index (χ0n) is 9.98. The van der Waals surface area contributed by atoms with E-state index in [1.165, 1.54) is 0 Å². The van der Waals surface area contributed by atoms with Crippen LogP contribution in [0.2, 0.25) is 0 Å². The van der Waals surface area contributed by atoms with Crippen molar-refractivity contribution < 1.29 is 13.7 Å². The average Bonchev–Trinajstić information content (AvgIpc) is 2.74. The van der Waals surface area contributed by atoms with E-state index in [0.29, 0.717) is 12.6 Å². The summed E-state index contributed by atoms with van der Waals surface area (Å²) in [7, 11) is 1.08. The van der Waals surface area contributed by atoms with E-state index in [4.69, 9.17) is 9.47 Å². The van der Waals surface area contributed by atoms with Crippen LogP contribution in [-0.2, 0) is 20.3 Å². The number of rotatable bonds is 3. The molecule has 5 atom stereocenters. The second-order valence-corrected chi connectivity index (χ2v) is 6.40. The second kappa shape index (κ2) is 5.58. The van der Waals surface area contributed by atoms with E-state index < -0.39 is 10.8 Å². The third kappa shape index (κ3) is 2.47. The smallest absolute Gasteiger partial charge is 0.0739 e. The molecule has 2 saturated heterocycles. The molecule has 2 fully saturated rings. The molecule has 16 heavy (non-hydrogen) atoms. The molecule has 0 bridgehead atoms. The minimum Gasteiger partial charge on any atom is -0.380 e. The quantitative estimate of drug-likeness (QED) is 0.779. The molecule has 2 rings (SSSR count). The number of ether oxygens (including phenoxy) is 2. The van der Waals surface area contributed by atoms with Crippen molar-refractivity contribution in [1.82, 2.24) is 5.32 Å². The zero-order chi connectivity index (χ0) is 11.5. The first kappa shape index (κ1) is 12.5. The summed E-state index contributed by atoms with van der Waals surface area (Å²) in [4.78, 5) is 0. The van der Waals surface area contributed by atoms with Crippen LogP contribution in [0.25, 0.3) is 0 Å². The summed E-state index contributed by atoms with van der Waals surface area (Å²) < 4.78 is 23.4. The van der Waals surface area contributed by atoms with Crippen molar-refractivity contribution in [2.75, 3.05) is 26.9 Å². The van der Waals surface area contributed by atoms with Crippen molar-refractivity contribution in [2.24, 2.45) is 0 Å². The van der Waals surface area contributed by atoms with Crippen LogP contribution < -0.4 is 5.32 Å². The van der Waals surface area contributed by atoms with Crippen LogP contribution in [0.3, 0.4) is 0 Å². The van der Waals surface area contributed by atoms with Crippen molar-refractivity contribution in [1.29, 1.82) is 0 Å². The molecular formula is C11H21NO3S. The predicted molar refractivity (Wildman–Crippen MR) is 64.0 cm³/mol. The molecule has 0 aromatic rings. The Kier molecular flexibility index (Phi) is 4.35. The summed E-state index contributed by atoms with van der Waals surface area (Å²) in [5.41, 5.74) is 0. The van der Waals surface area contributed by atoms with E-state index in [0.717, 1.165) is 26.1 Å². The van der Waals surface area contributed by atoms with Crippen LogP contribution in [0.1, 0.15) is 19.8 Å². The van der Waals surface area contributed by atoms with Gasteiger partial charge in [0, 0.05) is 30.1 Å². The van der Waals surface area contributed by atoms with Gasteiger partial charge in [-0.25, -0.2) is 0 Å². The Morgan fingerprint density at radius 3 is 2.69 bits per heavy atom. The molecule has 2 heterocycles. The Bertz CT molecular complexity index is 262. The summed E-state index contributed by atoms with van der Waals surface area (Å²) >= 11 is 0. The van der Waals surface area contributed by atoms with Crippen molar-refractivity contribution >= 4 is 10.8 Å². The largest absolute Gasteiger partial charge is 0.380 e. The van der Waals surface area contributed by atoms with Gasteiger partial charge < -0.3 is 14.8 Å². The molecule has 0 aromatic carbocycles. The molecule has 0 spiro atoms. The summed E-state index contributed by atoms with van der Waals surface area (Å²) in [5.74, 6) is 0. The summed E-state index contributed by atoms with van der Waals surface area (Å²) in [6.07, 6.45) is 2.00. The maximum absolute atomic E-state index is 12.5. The number of hydrogen-bond donors (Lipinski definition) is 1. The predicted octanol–water partition coefficient (Wildman–Crippen LogP) is 0.289. The second-order valence-electron chi connectivity index (χ2n) is 4.53. The topological polar surface area (TPSA) is 47.6 Å². The molecule has 0 amide bonds. The highest BCUT2D eigenvalue weighted by molar-refractivity contribution is 7.86. The van der Waals surface area contributed by atoms with Gasteiger partial charge in [0.05, 0.1) is 23.2 Å². The van der Waals surface area contributed by atoms with Gasteiger partial charge in [-0.1, -0.05) is 0 Å². The average molecular weight is 247 g/mol. The molecule has 4 nitrogen and oxygen atoms in total. The van der Waals surface area contributed by atoms with E-state index in [1.807, 2.05) is 14.0 Å². The number of nitrogens with one attached hydrogen (secondary N) is 1. The van der Waals surface area contributed by atoms with E-state index >= 15 is 0 Å². The van der Waals surface area contributed by atoms with Gasteiger partial charge in [0.25, 0.3) is 0 Å². The summed E-state index contributed by atoms with van der Waals surface area (Å²) in [5, 5.41) is 3.56. The molecule has 5 unspecified atom stereocenters. The maximum atomic E-state index is 12.5. The lowest BCUT2D eigenvalue weighted by atomic mass is 10.1. The normalized spacial score (nSPS) is 42.1. The van der Waals surface area contributed by atoms with Gasteiger partial charge in [-0.15, -0.1) is 0 Å². The highest BCUT2D eigenvalue weighted by Crippen LogP contribution is 2.24. The molecular weight excluding hydrogens is 226 g/mol. The van der Waals surface area contributed by atoms with E-state index in [2.05, 4.69) is 5.32 Å². The first-order valence-corrected chi connectivity index (χ1v) is 7.27. The van der Waals surface area contributed by atoms with Gasteiger partial charge in [-0.3, -0.25) is 4.21 Å². The summed E-state index contributed by atoms with van der Waals surface area (Å²) in [6.45, 7) is 4.15. The highest BCUT2D eigenvalue weighted by Gasteiger charge is 2.38. The van der Waals surface area contributed by atoms with Crippen molar-refractivity contribution in [3.8, 4) is 0 Å². The van der Waals surface area contributed by atoms with Gasteiger partial charge in [0.2, 0.25) is 0 Å². The first-order valence-electron chi connectivity index (χ1n) is 6.00. The third-order valence-corrected chi connectivity index (χ3v) is 5.86. The van der Waals surface area contributed by atoms with Crippen molar-refractivity contribution in [3.05, 3.63) is 0 Å². The van der Waals surface area contributed by atoms with Crippen LogP contribution in [-0.4, -0.2) is 53.7 Å². The Hall–Kier alpha value is 0.0300. The van der Waals surface area contributed by atoms with E-state index in [9.17, 15) is 4.21 Å². The number of hydrogen-bond acceptors (Lipinski definition) is 4. The van der Waals surface area contributed by atoms with Crippen molar-refractivity contribution in [2.45, 2.75) is 42.4 Å². The molecule has 0 saturated carbocycles. The lowest BCUT2D eigenvalue weighted by Crippen LogP contribution is -2.50. The SMILES string of the molecule is CNC1CCOCC1S(=O)C1CCOC1C. The molecule has 2 aliphatic heterocycles.